The zero-order valence-corrected chi connectivity index (χ0v) is 17.5. The van der Waals surface area contributed by atoms with E-state index in [2.05, 4.69) is 50.4 Å². The predicted molar refractivity (Wildman–Crippen MR) is 115 cm³/mol. The molecule has 2 amide bonds. The van der Waals surface area contributed by atoms with Gasteiger partial charge in [0, 0.05) is 24.7 Å². The zero-order valence-electron chi connectivity index (χ0n) is 17.5. The van der Waals surface area contributed by atoms with E-state index in [-0.39, 0.29) is 11.4 Å². The molecule has 28 heavy (non-hydrogen) atoms. The molecule has 4 heteroatoms. The number of benzene rings is 2. The number of amides is 2. The summed E-state index contributed by atoms with van der Waals surface area (Å²) >= 11 is 0. The third-order valence-electron chi connectivity index (χ3n) is 5.55. The molecule has 4 nitrogen and oxygen atoms in total. The highest BCUT2D eigenvalue weighted by Crippen LogP contribution is 2.28. The third-order valence-corrected chi connectivity index (χ3v) is 5.55. The molecule has 1 fully saturated rings. The van der Waals surface area contributed by atoms with Crippen LogP contribution in [0.5, 0.6) is 5.75 Å². The van der Waals surface area contributed by atoms with Gasteiger partial charge in [0.05, 0.1) is 7.11 Å². The lowest BCUT2D eigenvalue weighted by Gasteiger charge is -2.25. The fraction of sp³-hybridized carbons (Fsp3) is 0.458. The van der Waals surface area contributed by atoms with Crippen LogP contribution in [-0.4, -0.2) is 31.1 Å². The second kappa shape index (κ2) is 8.68. The number of ether oxygens (including phenoxy) is 1. The van der Waals surface area contributed by atoms with Crippen molar-refractivity contribution in [2.24, 2.45) is 0 Å². The van der Waals surface area contributed by atoms with E-state index in [0.717, 1.165) is 43.8 Å². The van der Waals surface area contributed by atoms with Gasteiger partial charge in [0.1, 0.15) is 5.75 Å². The largest absolute Gasteiger partial charge is 0.497 e. The topological polar surface area (TPSA) is 41.6 Å². The smallest absolute Gasteiger partial charge is 0.321 e. The highest BCUT2D eigenvalue weighted by molar-refractivity contribution is 5.89. The van der Waals surface area contributed by atoms with Gasteiger partial charge in [-0.15, -0.1) is 0 Å². The number of carbonyl (C=O) groups excluding carboxylic acids is 1. The molecule has 2 aromatic carbocycles. The van der Waals surface area contributed by atoms with Gasteiger partial charge < -0.3 is 15.0 Å². The van der Waals surface area contributed by atoms with Crippen molar-refractivity contribution in [2.45, 2.75) is 51.4 Å². The van der Waals surface area contributed by atoms with Gasteiger partial charge in [-0.2, -0.15) is 0 Å². The summed E-state index contributed by atoms with van der Waals surface area (Å²) < 4.78 is 5.26. The van der Waals surface area contributed by atoms with Crippen LogP contribution in [0, 0.1) is 0 Å². The number of rotatable bonds is 3. The van der Waals surface area contributed by atoms with Crippen LogP contribution in [0.2, 0.25) is 0 Å². The second-order valence-electron chi connectivity index (χ2n) is 8.67. The molecule has 1 heterocycles. The number of carbonyl (C=O) groups is 1. The van der Waals surface area contributed by atoms with E-state index in [0.29, 0.717) is 5.92 Å². The molecule has 1 atom stereocenters. The highest BCUT2D eigenvalue weighted by atomic mass is 16.5. The number of methoxy groups -OCH3 is 1. The number of likely N-dealkylation sites (tertiary alicyclic amines) is 1. The highest BCUT2D eigenvalue weighted by Gasteiger charge is 2.23. The standard InChI is InChI=1S/C24H32N2O2/c1-24(2,3)20-10-12-21(13-11-20)25-23(27)26-16-6-5-7-19(17-26)18-8-14-22(28-4)15-9-18/h8-15,19H,5-7,16-17H2,1-4H3,(H,25,27). The van der Waals surface area contributed by atoms with Gasteiger partial charge in [0.2, 0.25) is 0 Å². The lowest BCUT2D eigenvalue weighted by molar-refractivity contribution is 0.211. The SMILES string of the molecule is COc1ccc(C2CCCCN(C(=O)Nc3ccc(C(C)(C)C)cc3)C2)cc1. The fourth-order valence-electron chi connectivity index (χ4n) is 3.73. The van der Waals surface area contributed by atoms with Crippen molar-refractivity contribution in [2.75, 3.05) is 25.5 Å². The number of nitrogens with zero attached hydrogens (tertiary/aromatic N) is 1. The normalized spacial score (nSPS) is 17.7. The maximum absolute atomic E-state index is 12.9. The van der Waals surface area contributed by atoms with E-state index in [1.54, 1.807) is 7.11 Å². The van der Waals surface area contributed by atoms with Crippen LogP contribution >= 0.6 is 0 Å². The average molecular weight is 381 g/mol. The quantitative estimate of drug-likeness (QED) is 0.732. The fourth-order valence-corrected chi connectivity index (χ4v) is 3.73. The first kappa shape index (κ1) is 20.2. The Morgan fingerprint density at radius 3 is 2.32 bits per heavy atom. The number of anilines is 1. The number of hydrogen-bond acceptors (Lipinski definition) is 2. The Hall–Kier alpha value is -2.49. The van der Waals surface area contributed by atoms with E-state index in [4.69, 9.17) is 4.74 Å². The van der Waals surface area contributed by atoms with Crippen molar-refractivity contribution >= 4 is 11.7 Å². The van der Waals surface area contributed by atoms with Crippen LogP contribution in [-0.2, 0) is 5.41 Å². The molecule has 1 unspecified atom stereocenters. The summed E-state index contributed by atoms with van der Waals surface area (Å²) in [4.78, 5) is 14.8. The second-order valence-corrected chi connectivity index (χ2v) is 8.67. The molecule has 0 radical (unpaired) electrons. The maximum atomic E-state index is 12.9. The van der Waals surface area contributed by atoms with Crippen molar-refractivity contribution in [1.82, 2.24) is 4.90 Å². The molecule has 0 saturated carbocycles. The molecule has 3 rings (SSSR count). The molecule has 0 aliphatic carbocycles. The van der Waals surface area contributed by atoms with E-state index in [1.165, 1.54) is 11.1 Å². The van der Waals surface area contributed by atoms with Crippen LogP contribution in [0.15, 0.2) is 48.5 Å². The summed E-state index contributed by atoms with van der Waals surface area (Å²) in [7, 11) is 1.68. The Morgan fingerprint density at radius 2 is 1.71 bits per heavy atom. The lowest BCUT2D eigenvalue weighted by atomic mass is 9.87. The van der Waals surface area contributed by atoms with Crippen molar-refractivity contribution in [1.29, 1.82) is 0 Å². The van der Waals surface area contributed by atoms with Crippen LogP contribution in [0.4, 0.5) is 10.5 Å². The van der Waals surface area contributed by atoms with Crippen LogP contribution in [0.1, 0.15) is 57.1 Å². The van der Waals surface area contributed by atoms with Crippen molar-refractivity contribution < 1.29 is 9.53 Å². The monoisotopic (exact) mass is 380 g/mol. The first-order chi connectivity index (χ1) is 13.4. The maximum Gasteiger partial charge on any atom is 0.321 e. The Bertz CT molecular complexity index is 776. The Kier molecular flexibility index (Phi) is 6.28. The van der Waals surface area contributed by atoms with Crippen LogP contribution in [0.25, 0.3) is 0 Å². The van der Waals surface area contributed by atoms with E-state index in [1.807, 2.05) is 29.2 Å². The van der Waals surface area contributed by atoms with E-state index < -0.39 is 0 Å². The third kappa shape index (κ3) is 5.06. The van der Waals surface area contributed by atoms with Gasteiger partial charge >= 0.3 is 6.03 Å². The van der Waals surface area contributed by atoms with Gasteiger partial charge in [-0.05, 0) is 53.6 Å². The molecule has 1 saturated heterocycles. The summed E-state index contributed by atoms with van der Waals surface area (Å²) in [5.74, 6) is 1.23. The van der Waals surface area contributed by atoms with Gasteiger partial charge in [0.15, 0.2) is 0 Å². The first-order valence-electron chi connectivity index (χ1n) is 10.2. The summed E-state index contributed by atoms with van der Waals surface area (Å²) in [5.41, 5.74) is 3.50. The van der Waals surface area contributed by atoms with Crippen molar-refractivity contribution in [3.63, 3.8) is 0 Å². The Balaban J connectivity index is 1.66. The van der Waals surface area contributed by atoms with Gasteiger partial charge in [-0.1, -0.05) is 51.5 Å². The molecule has 1 N–H and O–H groups in total. The van der Waals surface area contributed by atoms with Gasteiger partial charge in [-0.25, -0.2) is 4.79 Å². The lowest BCUT2D eigenvalue weighted by Crippen LogP contribution is -2.37. The number of nitrogens with one attached hydrogen (secondary N) is 1. The molecule has 1 aliphatic rings. The minimum Gasteiger partial charge on any atom is -0.497 e. The van der Waals surface area contributed by atoms with Crippen molar-refractivity contribution in [3.05, 3.63) is 59.7 Å². The summed E-state index contributed by atoms with van der Waals surface area (Å²) in [6, 6.07) is 16.4. The minimum absolute atomic E-state index is 0.0103. The average Bonchev–Trinajstić information content (AvgIpc) is 2.94. The van der Waals surface area contributed by atoms with Gasteiger partial charge in [-0.3, -0.25) is 0 Å². The molecule has 150 valence electrons. The number of hydrogen-bond donors (Lipinski definition) is 1. The molecule has 2 aromatic rings. The molecular weight excluding hydrogens is 348 g/mol. The molecule has 1 aliphatic heterocycles. The molecular formula is C24H32N2O2. The zero-order chi connectivity index (χ0) is 20.1. The summed E-state index contributed by atoms with van der Waals surface area (Å²) in [5, 5.41) is 3.08. The molecule has 0 bridgehead atoms. The van der Waals surface area contributed by atoms with E-state index in [9.17, 15) is 4.79 Å². The summed E-state index contributed by atoms with van der Waals surface area (Å²) in [6.45, 7) is 8.13. The van der Waals surface area contributed by atoms with E-state index >= 15 is 0 Å². The number of urea groups is 1. The molecule has 0 aromatic heterocycles. The predicted octanol–water partition coefficient (Wildman–Crippen LogP) is 5.79. The minimum atomic E-state index is -0.0103. The summed E-state index contributed by atoms with van der Waals surface area (Å²) in [6.07, 6.45) is 3.29. The Labute approximate surface area is 168 Å². The van der Waals surface area contributed by atoms with Gasteiger partial charge in [0.25, 0.3) is 0 Å². The van der Waals surface area contributed by atoms with Crippen LogP contribution < -0.4 is 10.1 Å². The first-order valence-corrected chi connectivity index (χ1v) is 10.2. The Morgan fingerprint density at radius 1 is 1.04 bits per heavy atom. The van der Waals surface area contributed by atoms with Crippen molar-refractivity contribution in [3.8, 4) is 5.75 Å². The molecule has 0 spiro atoms. The van der Waals surface area contributed by atoms with Crippen LogP contribution in [0.3, 0.4) is 0 Å².